The Hall–Kier alpha value is -2.44. The zero-order valence-electron chi connectivity index (χ0n) is 13.9. The molecule has 2 fully saturated rings. The highest BCUT2D eigenvalue weighted by Crippen LogP contribution is 2.24. The fraction of sp³-hybridized carbons (Fsp3) is 0.500. The van der Waals surface area contributed by atoms with Gasteiger partial charge in [-0.2, -0.15) is 5.26 Å². The molecule has 0 aliphatic carbocycles. The first-order valence-electron chi connectivity index (χ1n) is 8.13. The highest BCUT2D eigenvalue weighted by molar-refractivity contribution is 5.85. The van der Waals surface area contributed by atoms with Crippen molar-refractivity contribution < 1.29 is 14.1 Å². The summed E-state index contributed by atoms with van der Waals surface area (Å²) in [4.78, 5) is 24.1. The van der Waals surface area contributed by atoms with E-state index < -0.39 is 16.8 Å². The van der Waals surface area contributed by atoms with Gasteiger partial charge in [0.05, 0.1) is 28.8 Å². The van der Waals surface area contributed by atoms with Gasteiger partial charge in [-0.15, -0.1) is 12.4 Å². The molecule has 8 nitrogen and oxygen atoms in total. The van der Waals surface area contributed by atoms with Crippen LogP contribution in [0, 0.1) is 27.3 Å². The van der Waals surface area contributed by atoms with E-state index in [1.807, 2.05) is 0 Å². The maximum Gasteiger partial charge on any atom is 0.272 e. The lowest BCUT2D eigenvalue weighted by atomic mass is 10.1. The van der Waals surface area contributed by atoms with Gasteiger partial charge in [0.2, 0.25) is 5.91 Å². The van der Waals surface area contributed by atoms with E-state index in [0.717, 1.165) is 12.5 Å². The molecule has 2 heterocycles. The second-order valence-corrected chi connectivity index (χ2v) is 6.28. The molecule has 0 saturated carbocycles. The van der Waals surface area contributed by atoms with Gasteiger partial charge in [-0.1, -0.05) is 0 Å². The highest BCUT2D eigenvalue weighted by Gasteiger charge is 2.37. The quantitative estimate of drug-likeness (QED) is 0.606. The van der Waals surface area contributed by atoms with E-state index in [4.69, 9.17) is 5.26 Å². The number of nitro benzene ring substituents is 1. The molecule has 1 unspecified atom stereocenters. The van der Waals surface area contributed by atoms with Crippen molar-refractivity contribution in [2.24, 2.45) is 0 Å². The van der Waals surface area contributed by atoms with Gasteiger partial charge < -0.3 is 15.5 Å². The number of likely N-dealkylation sites (tertiary alicyclic amines) is 1. The van der Waals surface area contributed by atoms with Crippen molar-refractivity contribution in [2.45, 2.75) is 37.4 Å². The summed E-state index contributed by atoms with van der Waals surface area (Å²) in [6.07, 6.45) is 1.99. The molecule has 2 aliphatic heterocycles. The summed E-state index contributed by atoms with van der Waals surface area (Å²) in [5, 5.41) is 25.8. The van der Waals surface area contributed by atoms with Crippen LogP contribution in [0.5, 0.6) is 0 Å². The fourth-order valence-corrected chi connectivity index (χ4v) is 3.35. The Balaban J connectivity index is 0.00000243. The second-order valence-electron chi connectivity index (χ2n) is 6.28. The Bertz CT molecular complexity index is 741. The summed E-state index contributed by atoms with van der Waals surface area (Å²) in [6.45, 7) is 1.06. The molecule has 140 valence electrons. The van der Waals surface area contributed by atoms with Crippen molar-refractivity contribution in [3.63, 3.8) is 0 Å². The maximum atomic E-state index is 14.0. The smallest absolute Gasteiger partial charge is 0.272 e. The van der Waals surface area contributed by atoms with Gasteiger partial charge in [-0.3, -0.25) is 14.9 Å². The number of amides is 1. The molecule has 2 N–H and O–H groups in total. The van der Waals surface area contributed by atoms with E-state index in [-0.39, 0.29) is 41.8 Å². The van der Waals surface area contributed by atoms with Crippen LogP contribution in [-0.4, -0.2) is 46.9 Å². The minimum Gasteiger partial charge on any atom is -0.379 e. The molecule has 1 aromatic carbocycles. The summed E-state index contributed by atoms with van der Waals surface area (Å²) in [7, 11) is 0. The molecular formula is C16H19ClFN5O3. The highest BCUT2D eigenvalue weighted by atomic mass is 35.5. The minimum atomic E-state index is -0.701. The van der Waals surface area contributed by atoms with Crippen molar-refractivity contribution in [1.29, 1.82) is 5.26 Å². The number of nitriles is 1. The summed E-state index contributed by atoms with van der Waals surface area (Å²) >= 11 is 0. The Morgan fingerprint density at radius 1 is 1.50 bits per heavy atom. The largest absolute Gasteiger partial charge is 0.379 e. The van der Waals surface area contributed by atoms with Gasteiger partial charge in [-0.25, -0.2) is 4.39 Å². The Morgan fingerprint density at radius 2 is 2.27 bits per heavy atom. The topological polar surface area (TPSA) is 111 Å². The molecule has 3 atom stereocenters. The third-order valence-electron chi connectivity index (χ3n) is 4.64. The number of hydrogen-bond donors (Lipinski definition) is 2. The average molecular weight is 384 g/mol. The van der Waals surface area contributed by atoms with Crippen LogP contribution in [0.25, 0.3) is 0 Å². The first-order valence-corrected chi connectivity index (χ1v) is 8.13. The molecule has 1 aromatic rings. The zero-order chi connectivity index (χ0) is 18.0. The minimum absolute atomic E-state index is 0. The molecule has 0 radical (unpaired) electrons. The first-order chi connectivity index (χ1) is 12.0. The number of nitro groups is 1. The van der Waals surface area contributed by atoms with Crippen LogP contribution in [0.4, 0.5) is 15.8 Å². The fourth-order valence-electron chi connectivity index (χ4n) is 3.35. The SMILES string of the molecule is Cl.N#CC1CCCN1C(=O)[C@@H]1C[C@H](Nc2ccc([N+](=O)[O-])cc2F)CN1. The van der Waals surface area contributed by atoms with Crippen LogP contribution in [-0.2, 0) is 4.79 Å². The molecule has 0 aromatic heterocycles. The third kappa shape index (κ3) is 4.03. The summed E-state index contributed by atoms with van der Waals surface area (Å²) in [6, 6.07) is 4.63. The Kier molecular flexibility index (Phi) is 6.34. The molecule has 0 spiro atoms. The number of benzene rings is 1. The van der Waals surface area contributed by atoms with Gasteiger partial charge in [0.1, 0.15) is 6.04 Å². The first kappa shape index (κ1) is 19.9. The number of non-ortho nitro benzene ring substituents is 1. The lowest BCUT2D eigenvalue weighted by Gasteiger charge is -2.23. The van der Waals surface area contributed by atoms with Crippen LogP contribution in [0.1, 0.15) is 19.3 Å². The lowest BCUT2D eigenvalue weighted by molar-refractivity contribution is -0.385. The van der Waals surface area contributed by atoms with Crippen molar-refractivity contribution in [2.75, 3.05) is 18.4 Å². The summed E-state index contributed by atoms with van der Waals surface area (Å²) in [5.74, 6) is -0.800. The van der Waals surface area contributed by atoms with Crippen molar-refractivity contribution in [3.8, 4) is 6.07 Å². The number of carbonyl (C=O) groups excluding carboxylic acids is 1. The van der Waals surface area contributed by atoms with Crippen LogP contribution in [0.3, 0.4) is 0 Å². The number of anilines is 1. The molecule has 1 amide bonds. The number of nitrogens with one attached hydrogen (secondary N) is 2. The van der Waals surface area contributed by atoms with E-state index in [1.165, 1.54) is 12.1 Å². The number of nitrogens with zero attached hydrogens (tertiary/aromatic N) is 3. The van der Waals surface area contributed by atoms with E-state index in [0.29, 0.717) is 25.9 Å². The molecule has 3 rings (SSSR count). The van der Waals surface area contributed by atoms with Crippen LogP contribution in [0.15, 0.2) is 18.2 Å². The zero-order valence-corrected chi connectivity index (χ0v) is 14.7. The molecule has 2 saturated heterocycles. The van der Waals surface area contributed by atoms with Crippen molar-refractivity contribution in [3.05, 3.63) is 34.1 Å². The summed E-state index contributed by atoms with van der Waals surface area (Å²) in [5.41, 5.74) is -0.140. The molecular weight excluding hydrogens is 365 g/mol. The van der Waals surface area contributed by atoms with E-state index in [9.17, 15) is 19.3 Å². The van der Waals surface area contributed by atoms with Gasteiger partial charge in [-0.05, 0) is 25.3 Å². The van der Waals surface area contributed by atoms with Crippen molar-refractivity contribution >= 4 is 29.7 Å². The number of carbonyl (C=O) groups is 1. The molecule has 2 aliphatic rings. The van der Waals surface area contributed by atoms with Gasteiger partial charge >= 0.3 is 0 Å². The van der Waals surface area contributed by atoms with Gasteiger partial charge in [0.15, 0.2) is 5.82 Å². The maximum absolute atomic E-state index is 14.0. The van der Waals surface area contributed by atoms with E-state index >= 15 is 0 Å². The van der Waals surface area contributed by atoms with Gasteiger partial charge in [0.25, 0.3) is 5.69 Å². The number of rotatable bonds is 4. The molecule has 26 heavy (non-hydrogen) atoms. The predicted octanol–water partition coefficient (Wildman–Crippen LogP) is 1.81. The Morgan fingerprint density at radius 3 is 2.92 bits per heavy atom. The van der Waals surface area contributed by atoms with E-state index in [2.05, 4.69) is 16.7 Å². The molecule has 10 heteroatoms. The third-order valence-corrected chi connectivity index (χ3v) is 4.64. The predicted molar refractivity (Wildman–Crippen MR) is 94.5 cm³/mol. The van der Waals surface area contributed by atoms with E-state index in [1.54, 1.807) is 4.90 Å². The van der Waals surface area contributed by atoms with Crippen molar-refractivity contribution in [1.82, 2.24) is 10.2 Å². The summed E-state index contributed by atoms with van der Waals surface area (Å²) < 4.78 is 14.0. The van der Waals surface area contributed by atoms with Crippen LogP contribution in [0.2, 0.25) is 0 Å². The normalized spacial score (nSPS) is 24.6. The Labute approximate surface area is 155 Å². The molecule has 0 bridgehead atoms. The number of halogens is 2. The standard InChI is InChI=1S/C16H18FN5O3.ClH/c17-13-7-11(22(24)25)3-4-14(13)20-10-6-15(19-9-10)16(23)21-5-1-2-12(21)8-18;/h3-4,7,10,12,15,19-20H,1-2,5-6,9H2;1H/t10-,12?,15-;/m0./s1. The number of hydrogen-bond acceptors (Lipinski definition) is 6. The average Bonchev–Trinajstić information content (AvgIpc) is 3.24. The monoisotopic (exact) mass is 383 g/mol. The van der Waals surface area contributed by atoms with Crippen LogP contribution < -0.4 is 10.6 Å². The second kappa shape index (κ2) is 8.29. The van der Waals surface area contributed by atoms with Crippen LogP contribution >= 0.6 is 12.4 Å². The van der Waals surface area contributed by atoms with Gasteiger partial charge in [0, 0.05) is 25.2 Å². The lowest BCUT2D eigenvalue weighted by Crippen LogP contribution is -2.45.